The van der Waals surface area contributed by atoms with Gasteiger partial charge in [-0.25, -0.2) is 8.42 Å². The van der Waals surface area contributed by atoms with Crippen molar-refractivity contribution in [1.29, 1.82) is 0 Å². The van der Waals surface area contributed by atoms with Crippen LogP contribution in [0.15, 0.2) is 23.1 Å². The Hall–Kier alpha value is -1.82. The van der Waals surface area contributed by atoms with Gasteiger partial charge in [-0.15, -0.1) is 0 Å². The van der Waals surface area contributed by atoms with Crippen molar-refractivity contribution in [3.05, 3.63) is 29.5 Å². The molecule has 0 saturated carbocycles. The van der Waals surface area contributed by atoms with Gasteiger partial charge in [-0.2, -0.15) is 0 Å². The maximum atomic E-state index is 11.6. The topological polar surface area (TPSA) is 76.2 Å². The first-order chi connectivity index (χ1) is 9.32. The monoisotopic (exact) mass is 295 g/mol. The van der Waals surface area contributed by atoms with Gasteiger partial charge in [0.2, 0.25) is 0 Å². The molecule has 0 unspecified atom stereocenters. The lowest BCUT2D eigenvalue weighted by molar-refractivity contribution is -0.142. The molecule has 0 aliphatic rings. The summed E-state index contributed by atoms with van der Waals surface area (Å²) in [5, 5.41) is 0.749. The smallest absolute Gasteiger partial charge is 0.310 e. The summed E-state index contributed by atoms with van der Waals surface area (Å²) in [7, 11) is -3.27. The Balaban J connectivity index is 2.53. The number of fused-ring (bicyclic) bond motifs is 1. The molecule has 0 atom stereocenters. The fraction of sp³-hybridized carbons (Fsp3) is 0.357. The van der Waals surface area contributed by atoms with E-state index in [2.05, 4.69) is 4.98 Å². The average molecular weight is 295 g/mol. The molecule has 6 heteroatoms. The van der Waals surface area contributed by atoms with Gasteiger partial charge < -0.3 is 9.72 Å². The minimum atomic E-state index is -3.27. The highest BCUT2D eigenvalue weighted by atomic mass is 32.2. The van der Waals surface area contributed by atoms with Gasteiger partial charge in [0, 0.05) is 22.9 Å². The summed E-state index contributed by atoms with van der Waals surface area (Å²) in [5.74, 6) is -0.318. The fourth-order valence-electron chi connectivity index (χ4n) is 2.18. The summed E-state index contributed by atoms with van der Waals surface area (Å²) in [5.41, 5.74) is 2.44. The van der Waals surface area contributed by atoms with Gasteiger partial charge in [-0.05, 0) is 37.6 Å². The number of aromatic nitrogens is 1. The van der Waals surface area contributed by atoms with Crippen LogP contribution >= 0.6 is 0 Å². The van der Waals surface area contributed by atoms with E-state index in [9.17, 15) is 13.2 Å². The zero-order valence-corrected chi connectivity index (χ0v) is 12.5. The van der Waals surface area contributed by atoms with Crippen LogP contribution in [-0.4, -0.2) is 32.2 Å². The summed E-state index contributed by atoms with van der Waals surface area (Å²) in [6, 6.07) is 4.87. The highest BCUT2D eigenvalue weighted by Gasteiger charge is 2.15. The first kappa shape index (κ1) is 14.6. The van der Waals surface area contributed by atoms with Gasteiger partial charge >= 0.3 is 5.97 Å². The molecule has 0 saturated heterocycles. The summed E-state index contributed by atoms with van der Waals surface area (Å²) in [6.07, 6.45) is 1.30. The van der Waals surface area contributed by atoms with Crippen LogP contribution in [0.2, 0.25) is 0 Å². The van der Waals surface area contributed by atoms with Crippen LogP contribution in [0.25, 0.3) is 10.9 Å². The van der Waals surface area contributed by atoms with Crippen molar-refractivity contribution in [3.8, 4) is 0 Å². The maximum Gasteiger partial charge on any atom is 0.310 e. The molecule has 0 bridgehead atoms. The average Bonchev–Trinajstić information content (AvgIpc) is 2.64. The molecule has 2 rings (SSSR count). The second-order valence-electron chi connectivity index (χ2n) is 4.69. The predicted octanol–water partition coefficient (Wildman–Crippen LogP) is 1.99. The first-order valence-corrected chi connectivity index (χ1v) is 8.19. The van der Waals surface area contributed by atoms with E-state index in [0.717, 1.165) is 22.2 Å². The zero-order chi connectivity index (χ0) is 14.9. The fourth-order valence-corrected chi connectivity index (χ4v) is 2.82. The number of ether oxygens (including phenoxy) is 1. The normalized spacial score (nSPS) is 11.8. The largest absolute Gasteiger partial charge is 0.466 e. The van der Waals surface area contributed by atoms with Crippen molar-refractivity contribution in [3.63, 3.8) is 0 Å². The third kappa shape index (κ3) is 2.85. The Morgan fingerprint density at radius 1 is 1.35 bits per heavy atom. The molecule has 0 fully saturated rings. The van der Waals surface area contributed by atoms with E-state index < -0.39 is 9.84 Å². The van der Waals surface area contributed by atoms with Crippen LogP contribution in [0.4, 0.5) is 0 Å². The molecule has 0 amide bonds. The lowest BCUT2D eigenvalue weighted by Gasteiger charge is -2.03. The second kappa shape index (κ2) is 5.28. The highest BCUT2D eigenvalue weighted by molar-refractivity contribution is 7.90. The van der Waals surface area contributed by atoms with Crippen LogP contribution in [-0.2, 0) is 25.8 Å². The Labute approximate surface area is 117 Å². The van der Waals surface area contributed by atoms with E-state index in [1.165, 1.54) is 6.26 Å². The van der Waals surface area contributed by atoms with Crippen LogP contribution in [0, 0.1) is 6.92 Å². The van der Waals surface area contributed by atoms with Gasteiger partial charge in [-0.1, -0.05) is 0 Å². The Morgan fingerprint density at radius 3 is 2.65 bits per heavy atom. The Kier molecular flexibility index (Phi) is 3.85. The van der Waals surface area contributed by atoms with Gasteiger partial charge in [0.05, 0.1) is 17.9 Å². The summed E-state index contributed by atoms with van der Waals surface area (Å²) >= 11 is 0. The quantitative estimate of drug-likeness (QED) is 0.875. The third-order valence-electron chi connectivity index (χ3n) is 3.15. The SMILES string of the molecule is CCOC(=O)Cc1c(C)[nH]c2ccc(S(C)(=O)=O)cc12. The molecular formula is C14H17NO4S. The van der Waals surface area contributed by atoms with Crippen molar-refractivity contribution in [2.75, 3.05) is 12.9 Å². The van der Waals surface area contributed by atoms with Crippen molar-refractivity contribution in [2.45, 2.75) is 25.2 Å². The minimum absolute atomic E-state index is 0.132. The molecule has 2 aromatic rings. The molecule has 0 aliphatic heterocycles. The summed E-state index contributed by atoms with van der Waals surface area (Å²) in [4.78, 5) is 15.0. The standard InChI is InChI=1S/C14H17NO4S/c1-4-19-14(16)8-11-9(2)15-13-6-5-10(7-12(11)13)20(3,17)18/h5-7,15H,4,8H2,1-3H3. The Morgan fingerprint density at radius 2 is 2.05 bits per heavy atom. The zero-order valence-electron chi connectivity index (χ0n) is 11.7. The van der Waals surface area contributed by atoms with E-state index >= 15 is 0 Å². The number of H-pyrrole nitrogens is 1. The molecule has 108 valence electrons. The molecule has 5 nitrogen and oxygen atoms in total. The van der Waals surface area contributed by atoms with E-state index in [0.29, 0.717) is 6.61 Å². The van der Waals surface area contributed by atoms with E-state index in [4.69, 9.17) is 4.74 Å². The molecule has 0 spiro atoms. The van der Waals surface area contributed by atoms with Crippen LogP contribution in [0.3, 0.4) is 0 Å². The van der Waals surface area contributed by atoms with Crippen molar-refractivity contribution >= 4 is 26.7 Å². The predicted molar refractivity (Wildman–Crippen MR) is 76.5 cm³/mol. The number of carbonyl (C=O) groups excluding carboxylic acids is 1. The number of hydrogen-bond acceptors (Lipinski definition) is 4. The molecule has 20 heavy (non-hydrogen) atoms. The van der Waals surface area contributed by atoms with Crippen LogP contribution in [0.1, 0.15) is 18.2 Å². The molecule has 1 N–H and O–H groups in total. The van der Waals surface area contributed by atoms with Gasteiger partial charge in [0.15, 0.2) is 9.84 Å². The number of carbonyl (C=O) groups is 1. The number of sulfone groups is 1. The lowest BCUT2D eigenvalue weighted by Crippen LogP contribution is -2.08. The number of aryl methyl sites for hydroxylation is 1. The molecule has 1 aromatic carbocycles. The van der Waals surface area contributed by atoms with E-state index in [1.807, 2.05) is 6.92 Å². The number of hydrogen-bond donors (Lipinski definition) is 1. The number of benzene rings is 1. The molecule has 1 heterocycles. The number of rotatable bonds is 4. The lowest BCUT2D eigenvalue weighted by atomic mass is 10.1. The van der Waals surface area contributed by atoms with Gasteiger partial charge in [-0.3, -0.25) is 4.79 Å². The van der Waals surface area contributed by atoms with Gasteiger partial charge in [0.25, 0.3) is 0 Å². The molecule has 1 aromatic heterocycles. The second-order valence-corrected chi connectivity index (χ2v) is 6.71. The number of nitrogens with one attached hydrogen (secondary N) is 1. The van der Waals surface area contributed by atoms with Crippen molar-refractivity contribution in [2.24, 2.45) is 0 Å². The first-order valence-electron chi connectivity index (χ1n) is 6.29. The van der Waals surface area contributed by atoms with Gasteiger partial charge in [0.1, 0.15) is 0 Å². The number of esters is 1. The van der Waals surface area contributed by atoms with E-state index in [-0.39, 0.29) is 17.3 Å². The minimum Gasteiger partial charge on any atom is -0.466 e. The highest BCUT2D eigenvalue weighted by Crippen LogP contribution is 2.25. The Bertz CT molecular complexity index is 759. The molecule has 0 aliphatic carbocycles. The van der Waals surface area contributed by atoms with E-state index in [1.54, 1.807) is 25.1 Å². The third-order valence-corrected chi connectivity index (χ3v) is 4.26. The molecular weight excluding hydrogens is 278 g/mol. The van der Waals surface area contributed by atoms with Crippen LogP contribution < -0.4 is 0 Å². The molecule has 0 radical (unpaired) electrons. The maximum absolute atomic E-state index is 11.6. The van der Waals surface area contributed by atoms with Crippen molar-refractivity contribution < 1.29 is 17.9 Å². The van der Waals surface area contributed by atoms with Crippen molar-refractivity contribution in [1.82, 2.24) is 4.98 Å². The summed E-state index contributed by atoms with van der Waals surface area (Å²) in [6.45, 7) is 3.94. The van der Waals surface area contributed by atoms with Crippen LogP contribution in [0.5, 0.6) is 0 Å². The summed E-state index contributed by atoms with van der Waals surface area (Å²) < 4.78 is 28.2. The number of aromatic amines is 1.